The van der Waals surface area contributed by atoms with E-state index in [1.807, 2.05) is 0 Å². The van der Waals surface area contributed by atoms with E-state index in [0.717, 1.165) is 0 Å². The lowest BCUT2D eigenvalue weighted by Crippen LogP contribution is -2.13. The highest BCUT2D eigenvalue weighted by Crippen LogP contribution is 2.01. The molecule has 0 heterocycles. The SMILES string of the molecule is C=C(C)C(=O)OCOC(=O)c1ccccc1. The Morgan fingerprint density at radius 2 is 1.81 bits per heavy atom. The molecule has 84 valence electrons. The van der Waals surface area contributed by atoms with E-state index in [1.54, 1.807) is 30.3 Å². The van der Waals surface area contributed by atoms with Crippen LogP contribution in [0.2, 0.25) is 0 Å². The fourth-order valence-corrected chi connectivity index (χ4v) is 0.917. The van der Waals surface area contributed by atoms with E-state index >= 15 is 0 Å². The number of esters is 2. The zero-order chi connectivity index (χ0) is 12.0. The Bertz CT molecular complexity index is 395. The van der Waals surface area contributed by atoms with Crippen LogP contribution in [0.5, 0.6) is 0 Å². The molecule has 0 fully saturated rings. The topological polar surface area (TPSA) is 52.6 Å². The second-order valence-corrected chi connectivity index (χ2v) is 3.13. The van der Waals surface area contributed by atoms with Crippen LogP contribution in [0.1, 0.15) is 17.3 Å². The van der Waals surface area contributed by atoms with Crippen LogP contribution in [0.4, 0.5) is 0 Å². The van der Waals surface area contributed by atoms with Gasteiger partial charge in [-0.3, -0.25) is 0 Å². The van der Waals surface area contributed by atoms with Crippen molar-refractivity contribution in [3.63, 3.8) is 0 Å². The standard InChI is InChI=1S/C12H12O4/c1-9(2)11(13)15-8-16-12(14)10-6-4-3-5-7-10/h3-7H,1,8H2,2H3. The monoisotopic (exact) mass is 220 g/mol. The van der Waals surface area contributed by atoms with Crippen molar-refractivity contribution in [1.82, 2.24) is 0 Å². The lowest BCUT2D eigenvalue weighted by Gasteiger charge is -2.05. The predicted molar refractivity (Wildman–Crippen MR) is 57.6 cm³/mol. The summed E-state index contributed by atoms with van der Waals surface area (Å²) in [6, 6.07) is 8.46. The molecule has 0 spiro atoms. The summed E-state index contributed by atoms with van der Waals surface area (Å²) >= 11 is 0. The summed E-state index contributed by atoms with van der Waals surface area (Å²) in [6.07, 6.45) is 0. The highest BCUT2D eigenvalue weighted by Gasteiger charge is 2.08. The van der Waals surface area contributed by atoms with Crippen molar-refractivity contribution >= 4 is 11.9 Å². The van der Waals surface area contributed by atoms with Gasteiger partial charge in [-0.1, -0.05) is 24.8 Å². The zero-order valence-corrected chi connectivity index (χ0v) is 8.93. The number of rotatable bonds is 4. The van der Waals surface area contributed by atoms with E-state index < -0.39 is 18.7 Å². The van der Waals surface area contributed by atoms with Crippen LogP contribution in [-0.4, -0.2) is 18.7 Å². The molecule has 1 aromatic carbocycles. The van der Waals surface area contributed by atoms with Gasteiger partial charge in [-0.2, -0.15) is 0 Å². The van der Waals surface area contributed by atoms with Crippen molar-refractivity contribution in [3.05, 3.63) is 48.0 Å². The summed E-state index contributed by atoms with van der Waals surface area (Å²) < 4.78 is 9.34. The van der Waals surface area contributed by atoms with Gasteiger partial charge in [0.15, 0.2) is 0 Å². The maximum absolute atomic E-state index is 11.4. The van der Waals surface area contributed by atoms with E-state index in [-0.39, 0.29) is 5.57 Å². The quantitative estimate of drug-likeness (QED) is 0.442. The molecule has 0 radical (unpaired) electrons. The second kappa shape index (κ2) is 5.70. The third-order valence-electron chi connectivity index (χ3n) is 1.74. The summed E-state index contributed by atoms with van der Waals surface area (Å²) in [5.74, 6) is -1.11. The van der Waals surface area contributed by atoms with Crippen LogP contribution in [0.3, 0.4) is 0 Å². The lowest BCUT2D eigenvalue weighted by atomic mass is 10.2. The summed E-state index contributed by atoms with van der Waals surface area (Å²) in [5, 5.41) is 0. The highest BCUT2D eigenvalue weighted by atomic mass is 16.7. The second-order valence-electron chi connectivity index (χ2n) is 3.13. The average Bonchev–Trinajstić information content (AvgIpc) is 2.29. The molecule has 0 aliphatic carbocycles. The van der Waals surface area contributed by atoms with Crippen LogP contribution < -0.4 is 0 Å². The van der Waals surface area contributed by atoms with Crippen molar-refractivity contribution in [3.8, 4) is 0 Å². The smallest absolute Gasteiger partial charge is 0.340 e. The van der Waals surface area contributed by atoms with Gasteiger partial charge in [-0.15, -0.1) is 0 Å². The molecule has 1 rings (SSSR count). The molecule has 1 aromatic rings. The Morgan fingerprint density at radius 3 is 2.38 bits per heavy atom. The van der Waals surface area contributed by atoms with Gasteiger partial charge >= 0.3 is 11.9 Å². The fourth-order valence-electron chi connectivity index (χ4n) is 0.917. The van der Waals surface area contributed by atoms with Crippen LogP contribution >= 0.6 is 0 Å². The van der Waals surface area contributed by atoms with Crippen LogP contribution in [0.25, 0.3) is 0 Å². The third kappa shape index (κ3) is 3.57. The normalized spacial score (nSPS) is 9.31. The van der Waals surface area contributed by atoms with E-state index in [0.29, 0.717) is 5.56 Å². The van der Waals surface area contributed by atoms with Gasteiger partial charge in [0.1, 0.15) is 0 Å². The molecular weight excluding hydrogens is 208 g/mol. The van der Waals surface area contributed by atoms with Crippen molar-refractivity contribution in [2.24, 2.45) is 0 Å². The molecule has 4 nitrogen and oxygen atoms in total. The average molecular weight is 220 g/mol. The lowest BCUT2D eigenvalue weighted by molar-refractivity contribution is -0.147. The van der Waals surface area contributed by atoms with Gasteiger partial charge in [-0.25, -0.2) is 9.59 Å². The number of carbonyl (C=O) groups is 2. The minimum atomic E-state index is -0.583. The molecule has 0 aromatic heterocycles. The molecule has 0 unspecified atom stereocenters. The van der Waals surface area contributed by atoms with Crippen molar-refractivity contribution in [1.29, 1.82) is 0 Å². The van der Waals surface area contributed by atoms with Gasteiger partial charge in [-0.05, 0) is 19.1 Å². The minimum absolute atomic E-state index is 0.260. The summed E-state index contributed by atoms with van der Waals surface area (Å²) in [6.45, 7) is 4.51. The summed E-state index contributed by atoms with van der Waals surface area (Å²) in [7, 11) is 0. The Labute approximate surface area is 93.5 Å². The largest absolute Gasteiger partial charge is 0.425 e. The van der Waals surface area contributed by atoms with Gasteiger partial charge in [0.05, 0.1) is 5.56 Å². The third-order valence-corrected chi connectivity index (χ3v) is 1.74. The molecule has 0 aliphatic rings. The maximum Gasteiger partial charge on any atom is 0.340 e. The van der Waals surface area contributed by atoms with Crippen molar-refractivity contribution in [2.75, 3.05) is 6.79 Å². The number of hydrogen-bond donors (Lipinski definition) is 0. The molecule has 16 heavy (non-hydrogen) atoms. The first kappa shape index (κ1) is 12.0. The molecule has 0 saturated carbocycles. The van der Waals surface area contributed by atoms with E-state index in [2.05, 4.69) is 11.3 Å². The Balaban J connectivity index is 2.37. The van der Waals surface area contributed by atoms with Crippen molar-refractivity contribution in [2.45, 2.75) is 6.92 Å². The summed E-state index contributed by atoms with van der Waals surface area (Å²) in [5.41, 5.74) is 0.671. The summed E-state index contributed by atoms with van der Waals surface area (Å²) in [4.78, 5) is 22.3. The van der Waals surface area contributed by atoms with Gasteiger partial charge < -0.3 is 9.47 Å². The van der Waals surface area contributed by atoms with Gasteiger partial charge in [0.2, 0.25) is 6.79 Å². The fraction of sp³-hybridized carbons (Fsp3) is 0.167. The number of ether oxygens (including phenoxy) is 2. The molecule has 0 saturated heterocycles. The molecule has 0 bridgehead atoms. The first-order valence-corrected chi connectivity index (χ1v) is 4.66. The van der Waals surface area contributed by atoms with Crippen LogP contribution in [0, 0.1) is 0 Å². The molecule has 0 N–H and O–H groups in total. The number of benzene rings is 1. The van der Waals surface area contributed by atoms with Crippen molar-refractivity contribution < 1.29 is 19.1 Å². The highest BCUT2D eigenvalue weighted by molar-refractivity contribution is 5.89. The molecule has 4 heteroatoms. The van der Waals surface area contributed by atoms with Gasteiger partial charge in [0.25, 0.3) is 0 Å². The first-order chi connectivity index (χ1) is 7.61. The Hall–Kier alpha value is -2.10. The minimum Gasteiger partial charge on any atom is -0.425 e. The van der Waals surface area contributed by atoms with Crippen LogP contribution in [0.15, 0.2) is 42.5 Å². The predicted octanol–water partition coefficient (Wildman–Crippen LogP) is 1.92. The Morgan fingerprint density at radius 1 is 1.19 bits per heavy atom. The van der Waals surface area contributed by atoms with Gasteiger partial charge in [0, 0.05) is 5.57 Å². The molecule has 0 amide bonds. The molecule has 0 aliphatic heterocycles. The Kier molecular flexibility index (Phi) is 4.27. The van der Waals surface area contributed by atoms with Crippen LogP contribution in [-0.2, 0) is 14.3 Å². The number of hydrogen-bond acceptors (Lipinski definition) is 4. The van der Waals surface area contributed by atoms with E-state index in [9.17, 15) is 9.59 Å². The first-order valence-electron chi connectivity index (χ1n) is 4.66. The number of carbonyl (C=O) groups excluding carboxylic acids is 2. The maximum atomic E-state index is 11.4. The molecule has 0 atom stereocenters. The zero-order valence-electron chi connectivity index (χ0n) is 8.93. The van der Waals surface area contributed by atoms with E-state index in [4.69, 9.17) is 4.74 Å². The van der Waals surface area contributed by atoms with E-state index in [1.165, 1.54) is 6.92 Å². The molecular formula is C12H12O4.